The van der Waals surface area contributed by atoms with Crippen LogP contribution in [-0.2, 0) is 21.7 Å². The molecular weight excluding hydrogens is 387 g/mol. The Balaban J connectivity index is 1.63. The molecule has 4 rings (SSSR count). The van der Waals surface area contributed by atoms with Crippen LogP contribution in [-0.4, -0.2) is 32.9 Å². The zero-order valence-corrected chi connectivity index (χ0v) is 16.0. The lowest BCUT2D eigenvalue weighted by Crippen LogP contribution is -2.32. The average molecular weight is 405 g/mol. The van der Waals surface area contributed by atoms with Gasteiger partial charge in [-0.25, -0.2) is 14.4 Å². The van der Waals surface area contributed by atoms with Gasteiger partial charge in [-0.3, -0.25) is 5.10 Å². The highest BCUT2D eigenvalue weighted by Gasteiger charge is 2.43. The van der Waals surface area contributed by atoms with Gasteiger partial charge in [0.1, 0.15) is 17.9 Å². The first-order valence-electron chi connectivity index (χ1n) is 8.71. The number of H-pyrrole nitrogens is 1. The summed E-state index contributed by atoms with van der Waals surface area (Å²) in [5, 5.41) is 6.93. The molecule has 3 aromatic rings. The van der Waals surface area contributed by atoms with E-state index in [0.29, 0.717) is 24.6 Å². The minimum Gasteiger partial charge on any atom is -0.436 e. The number of hydrogen-bond donors (Lipinski definition) is 1. The van der Waals surface area contributed by atoms with Gasteiger partial charge in [-0.2, -0.15) is 5.10 Å². The maximum Gasteiger partial charge on any atom is 0.255 e. The molecule has 1 fully saturated rings. The number of rotatable bonds is 5. The van der Waals surface area contributed by atoms with E-state index in [1.54, 1.807) is 12.1 Å². The molecule has 0 amide bonds. The van der Waals surface area contributed by atoms with Gasteiger partial charge in [0.25, 0.3) is 5.88 Å². The number of benzene rings is 1. The average Bonchev–Trinajstić information content (AvgIpc) is 3.28. The molecule has 146 valence electrons. The SMILES string of the molecule is Cc1cc(Oc2ncc(Cl)cc2F)ccc1C1(Cc2ncn[nH]2)OCC(C)O1. The van der Waals surface area contributed by atoms with E-state index in [-0.39, 0.29) is 17.0 Å². The summed E-state index contributed by atoms with van der Waals surface area (Å²) in [7, 11) is 0. The largest absolute Gasteiger partial charge is 0.436 e. The lowest BCUT2D eigenvalue weighted by molar-refractivity contribution is -0.175. The summed E-state index contributed by atoms with van der Waals surface area (Å²) in [5.41, 5.74) is 1.70. The van der Waals surface area contributed by atoms with Gasteiger partial charge in [-0.1, -0.05) is 11.6 Å². The smallest absolute Gasteiger partial charge is 0.255 e. The lowest BCUT2D eigenvalue weighted by atomic mass is 9.96. The molecule has 2 unspecified atom stereocenters. The summed E-state index contributed by atoms with van der Waals surface area (Å²) < 4.78 is 31.7. The van der Waals surface area contributed by atoms with Crippen LogP contribution in [0, 0.1) is 12.7 Å². The maximum absolute atomic E-state index is 13.9. The molecule has 1 N–H and O–H groups in total. The van der Waals surface area contributed by atoms with E-state index >= 15 is 0 Å². The Morgan fingerprint density at radius 1 is 1.36 bits per heavy atom. The molecule has 1 aliphatic rings. The van der Waals surface area contributed by atoms with Gasteiger partial charge in [0.2, 0.25) is 5.79 Å². The van der Waals surface area contributed by atoms with Crippen LogP contribution in [0.5, 0.6) is 11.6 Å². The van der Waals surface area contributed by atoms with Crippen molar-refractivity contribution in [3.63, 3.8) is 0 Å². The molecule has 0 bridgehead atoms. The third-order valence-corrected chi connectivity index (χ3v) is 4.61. The molecule has 0 spiro atoms. The second-order valence-electron chi connectivity index (χ2n) is 6.62. The van der Waals surface area contributed by atoms with Crippen LogP contribution in [0.2, 0.25) is 5.02 Å². The van der Waals surface area contributed by atoms with Crippen LogP contribution in [0.1, 0.15) is 23.9 Å². The van der Waals surface area contributed by atoms with Gasteiger partial charge in [0.05, 0.1) is 24.2 Å². The quantitative estimate of drug-likeness (QED) is 0.694. The zero-order chi connectivity index (χ0) is 19.7. The summed E-state index contributed by atoms with van der Waals surface area (Å²) in [6.07, 6.45) is 3.09. The molecule has 2 atom stereocenters. The second-order valence-corrected chi connectivity index (χ2v) is 7.06. The molecular formula is C19H18ClFN4O3. The van der Waals surface area contributed by atoms with E-state index < -0.39 is 11.6 Å². The fourth-order valence-electron chi connectivity index (χ4n) is 3.23. The fourth-order valence-corrected chi connectivity index (χ4v) is 3.37. The first-order valence-corrected chi connectivity index (χ1v) is 9.09. The second kappa shape index (κ2) is 7.46. The monoisotopic (exact) mass is 404 g/mol. The van der Waals surface area contributed by atoms with E-state index in [2.05, 4.69) is 20.2 Å². The van der Waals surface area contributed by atoms with Crippen LogP contribution in [0.4, 0.5) is 4.39 Å². The normalized spacial score (nSPS) is 21.8. The predicted molar refractivity (Wildman–Crippen MR) is 98.7 cm³/mol. The van der Waals surface area contributed by atoms with E-state index in [1.807, 2.05) is 19.9 Å². The number of ether oxygens (including phenoxy) is 3. The molecule has 0 aliphatic carbocycles. The summed E-state index contributed by atoms with van der Waals surface area (Å²) in [5.74, 6) is -0.662. The molecule has 7 nitrogen and oxygen atoms in total. The highest BCUT2D eigenvalue weighted by atomic mass is 35.5. The van der Waals surface area contributed by atoms with Gasteiger partial charge in [-0.15, -0.1) is 0 Å². The van der Waals surface area contributed by atoms with Crippen molar-refractivity contribution in [2.75, 3.05) is 6.61 Å². The summed E-state index contributed by atoms with van der Waals surface area (Å²) >= 11 is 5.73. The Morgan fingerprint density at radius 3 is 2.86 bits per heavy atom. The third-order valence-electron chi connectivity index (χ3n) is 4.40. The molecule has 0 saturated carbocycles. The summed E-state index contributed by atoms with van der Waals surface area (Å²) in [4.78, 5) is 8.06. The molecule has 28 heavy (non-hydrogen) atoms. The number of nitrogens with zero attached hydrogens (tertiary/aromatic N) is 3. The standard InChI is InChI=1S/C19H18ClFN4O3/c1-11-5-14(27-18-16(21)6-13(20)8-22-18)3-4-15(11)19(26-9-12(2)28-19)7-17-23-10-24-25-17/h3-6,8,10,12H,7,9H2,1-2H3,(H,23,24,25). The molecule has 3 heterocycles. The Bertz CT molecular complexity index is 985. The summed E-state index contributed by atoms with van der Waals surface area (Å²) in [6.45, 7) is 4.32. The van der Waals surface area contributed by atoms with E-state index in [0.717, 1.165) is 17.2 Å². The minimum atomic E-state index is -0.981. The number of halogens is 2. The molecule has 0 radical (unpaired) electrons. The third kappa shape index (κ3) is 3.71. The molecule has 1 aliphatic heterocycles. The van der Waals surface area contributed by atoms with Crippen molar-refractivity contribution in [1.82, 2.24) is 20.2 Å². The number of nitrogens with one attached hydrogen (secondary N) is 1. The molecule has 1 aromatic carbocycles. The molecule has 1 saturated heterocycles. The van der Waals surface area contributed by atoms with Crippen LogP contribution >= 0.6 is 11.6 Å². The van der Waals surface area contributed by atoms with Gasteiger partial charge in [-0.05, 0) is 43.7 Å². The van der Waals surface area contributed by atoms with Gasteiger partial charge in [0.15, 0.2) is 5.82 Å². The lowest BCUT2D eigenvalue weighted by Gasteiger charge is -2.29. The van der Waals surface area contributed by atoms with Gasteiger partial charge in [0, 0.05) is 11.8 Å². The number of aromatic amines is 1. The van der Waals surface area contributed by atoms with Crippen molar-refractivity contribution >= 4 is 11.6 Å². The number of pyridine rings is 1. The first kappa shape index (κ1) is 18.8. The van der Waals surface area contributed by atoms with E-state index in [9.17, 15) is 4.39 Å². The van der Waals surface area contributed by atoms with E-state index in [1.165, 1.54) is 12.5 Å². The Kier molecular flexibility index (Phi) is 5.01. The highest BCUT2D eigenvalue weighted by Crippen LogP contribution is 2.39. The fraction of sp³-hybridized carbons (Fsp3) is 0.316. The minimum absolute atomic E-state index is 0.0642. The van der Waals surface area contributed by atoms with Crippen molar-refractivity contribution in [3.8, 4) is 11.6 Å². The van der Waals surface area contributed by atoms with E-state index in [4.69, 9.17) is 25.8 Å². The van der Waals surface area contributed by atoms with Crippen molar-refractivity contribution < 1.29 is 18.6 Å². The van der Waals surface area contributed by atoms with Crippen molar-refractivity contribution in [3.05, 3.63) is 64.6 Å². The Labute approximate surface area is 165 Å². The Hall–Kier alpha value is -2.55. The van der Waals surface area contributed by atoms with Crippen LogP contribution in [0.25, 0.3) is 0 Å². The predicted octanol–water partition coefficient (Wildman–Crippen LogP) is 3.92. The van der Waals surface area contributed by atoms with Gasteiger partial charge < -0.3 is 14.2 Å². The van der Waals surface area contributed by atoms with Gasteiger partial charge >= 0.3 is 0 Å². The topological polar surface area (TPSA) is 82.2 Å². The van der Waals surface area contributed by atoms with Crippen LogP contribution in [0.15, 0.2) is 36.8 Å². The summed E-state index contributed by atoms with van der Waals surface area (Å²) in [6, 6.07) is 6.49. The van der Waals surface area contributed by atoms with Crippen molar-refractivity contribution in [1.29, 1.82) is 0 Å². The zero-order valence-electron chi connectivity index (χ0n) is 15.3. The van der Waals surface area contributed by atoms with Crippen LogP contribution < -0.4 is 4.74 Å². The van der Waals surface area contributed by atoms with Crippen molar-refractivity contribution in [2.45, 2.75) is 32.2 Å². The van der Waals surface area contributed by atoms with Crippen molar-refractivity contribution in [2.24, 2.45) is 0 Å². The Morgan fingerprint density at radius 2 is 2.21 bits per heavy atom. The molecule has 2 aromatic heterocycles. The number of aromatic nitrogens is 4. The first-order chi connectivity index (χ1) is 13.4. The maximum atomic E-state index is 13.9. The highest BCUT2D eigenvalue weighted by molar-refractivity contribution is 6.30. The number of aryl methyl sites for hydroxylation is 1. The number of hydrogen-bond acceptors (Lipinski definition) is 6. The molecule has 9 heteroatoms. The van der Waals surface area contributed by atoms with Crippen LogP contribution in [0.3, 0.4) is 0 Å².